The Morgan fingerprint density at radius 1 is 1.17 bits per heavy atom. The number of ether oxygens (including phenoxy) is 2. The summed E-state index contributed by atoms with van der Waals surface area (Å²) < 4.78 is 11.0. The number of halogens is 3. The Bertz CT molecular complexity index is 791. The molecule has 0 spiro atoms. The van der Waals surface area contributed by atoms with Crippen LogP contribution in [-0.2, 0) is 11.4 Å². The summed E-state index contributed by atoms with van der Waals surface area (Å²) in [5.74, 6) is 0.251. The molecule has 2 aromatic carbocycles. The van der Waals surface area contributed by atoms with Crippen LogP contribution in [0.15, 0.2) is 36.4 Å². The summed E-state index contributed by atoms with van der Waals surface area (Å²) in [5.41, 5.74) is 6.50. The Morgan fingerprint density at radius 2 is 1.92 bits per heavy atom. The normalized spacial score (nSPS) is 10.8. The lowest BCUT2D eigenvalue weighted by molar-refractivity contribution is -0.113. The summed E-state index contributed by atoms with van der Waals surface area (Å²) in [6, 6.07) is 8.46. The molecule has 0 aliphatic rings. The van der Waals surface area contributed by atoms with E-state index in [0.29, 0.717) is 32.1 Å². The van der Waals surface area contributed by atoms with Crippen LogP contribution in [0.1, 0.15) is 11.1 Å². The molecule has 4 nitrogen and oxygen atoms in total. The van der Waals surface area contributed by atoms with Crippen molar-refractivity contribution in [2.75, 3.05) is 7.11 Å². The average Bonchev–Trinajstić information content (AvgIpc) is 2.52. The molecule has 0 unspecified atom stereocenters. The minimum Gasteiger partial charge on any atom is -0.493 e. The molecule has 24 heavy (non-hydrogen) atoms. The van der Waals surface area contributed by atoms with E-state index in [1.54, 1.807) is 30.3 Å². The molecule has 2 N–H and O–H groups in total. The second kappa shape index (κ2) is 8.29. The van der Waals surface area contributed by atoms with Crippen molar-refractivity contribution in [1.29, 1.82) is 0 Å². The van der Waals surface area contributed by atoms with Crippen LogP contribution in [0, 0.1) is 0 Å². The lowest BCUT2D eigenvalue weighted by atomic mass is 10.2. The van der Waals surface area contributed by atoms with E-state index in [-0.39, 0.29) is 6.61 Å². The number of amides is 1. The van der Waals surface area contributed by atoms with Gasteiger partial charge in [0.15, 0.2) is 11.5 Å². The highest BCUT2D eigenvalue weighted by Gasteiger charge is 2.12. The van der Waals surface area contributed by atoms with Crippen LogP contribution < -0.4 is 15.2 Å². The minimum absolute atomic E-state index is 0.197. The van der Waals surface area contributed by atoms with Crippen molar-refractivity contribution in [1.82, 2.24) is 0 Å². The van der Waals surface area contributed by atoms with Crippen LogP contribution >= 0.6 is 34.8 Å². The number of rotatable bonds is 6. The number of carbonyl (C=O) groups excluding carboxylic acids is 1. The molecule has 7 heteroatoms. The predicted octanol–water partition coefficient (Wildman–Crippen LogP) is 4.73. The molecular weight excluding hydrogens is 373 g/mol. The Labute approximate surface area is 154 Å². The number of primary amides is 1. The molecule has 2 rings (SSSR count). The van der Waals surface area contributed by atoms with Gasteiger partial charge in [0.2, 0.25) is 5.91 Å². The van der Waals surface area contributed by atoms with Crippen LogP contribution in [0.2, 0.25) is 15.1 Å². The number of methoxy groups -OCH3 is 1. The molecule has 0 aliphatic heterocycles. The summed E-state index contributed by atoms with van der Waals surface area (Å²) >= 11 is 18.2. The molecule has 0 fully saturated rings. The Hall–Kier alpha value is -1.88. The van der Waals surface area contributed by atoms with E-state index in [4.69, 9.17) is 50.0 Å². The third-order valence-corrected chi connectivity index (χ3v) is 3.95. The zero-order valence-electron chi connectivity index (χ0n) is 12.7. The second-order valence-corrected chi connectivity index (χ2v) is 6.05. The molecule has 0 saturated heterocycles. The topological polar surface area (TPSA) is 61.5 Å². The van der Waals surface area contributed by atoms with Gasteiger partial charge in [0, 0.05) is 21.7 Å². The van der Waals surface area contributed by atoms with Gasteiger partial charge in [-0.3, -0.25) is 4.79 Å². The first kappa shape index (κ1) is 18.5. The van der Waals surface area contributed by atoms with Crippen molar-refractivity contribution in [2.45, 2.75) is 6.61 Å². The predicted molar refractivity (Wildman–Crippen MR) is 97.0 cm³/mol. The van der Waals surface area contributed by atoms with Gasteiger partial charge in [-0.05, 0) is 35.9 Å². The lowest BCUT2D eigenvalue weighted by Gasteiger charge is -2.14. The molecule has 0 saturated carbocycles. The highest BCUT2D eigenvalue weighted by atomic mass is 35.5. The molecule has 0 radical (unpaired) electrons. The smallest absolute Gasteiger partial charge is 0.241 e. The lowest BCUT2D eigenvalue weighted by Crippen LogP contribution is -2.05. The first-order valence-electron chi connectivity index (χ1n) is 6.82. The molecule has 0 bridgehead atoms. The molecule has 2 aromatic rings. The fourth-order valence-electron chi connectivity index (χ4n) is 1.94. The first-order chi connectivity index (χ1) is 11.4. The molecular formula is C17H14Cl3NO3. The van der Waals surface area contributed by atoms with Crippen molar-refractivity contribution >= 4 is 46.8 Å². The summed E-state index contributed by atoms with van der Waals surface area (Å²) in [5, 5.41) is 1.38. The van der Waals surface area contributed by atoms with Gasteiger partial charge >= 0.3 is 0 Å². The maximum absolute atomic E-state index is 10.8. The Kier molecular flexibility index (Phi) is 6.37. The van der Waals surface area contributed by atoms with Gasteiger partial charge in [-0.2, -0.15) is 0 Å². The Morgan fingerprint density at radius 3 is 2.54 bits per heavy atom. The van der Waals surface area contributed by atoms with E-state index in [9.17, 15) is 4.79 Å². The molecule has 1 amide bonds. The van der Waals surface area contributed by atoms with Gasteiger partial charge in [0.1, 0.15) is 6.61 Å². The van der Waals surface area contributed by atoms with Gasteiger partial charge in [0.25, 0.3) is 0 Å². The Balaban J connectivity index is 2.24. The van der Waals surface area contributed by atoms with Crippen LogP contribution in [0.5, 0.6) is 11.5 Å². The third kappa shape index (κ3) is 4.81. The molecule has 0 atom stereocenters. The van der Waals surface area contributed by atoms with Crippen molar-refractivity contribution in [2.24, 2.45) is 5.73 Å². The van der Waals surface area contributed by atoms with Gasteiger partial charge in [-0.1, -0.05) is 40.9 Å². The monoisotopic (exact) mass is 385 g/mol. The van der Waals surface area contributed by atoms with Crippen LogP contribution in [0.3, 0.4) is 0 Å². The molecule has 0 aliphatic carbocycles. The first-order valence-corrected chi connectivity index (χ1v) is 7.96. The minimum atomic E-state index is -0.553. The van der Waals surface area contributed by atoms with E-state index in [2.05, 4.69) is 0 Å². The fraction of sp³-hybridized carbons (Fsp3) is 0.118. The number of hydrogen-bond donors (Lipinski definition) is 1. The largest absolute Gasteiger partial charge is 0.493 e. The summed E-state index contributed by atoms with van der Waals surface area (Å²) in [4.78, 5) is 10.8. The van der Waals surface area contributed by atoms with Crippen molar-refractivity contribution in [3.63, 3.8) is 0 Å². The maximum Gasteiger partial charge on any atom is 0.241 e. The zero-order valence-corrected chi connectivity index (χ0v) is 15.0. The highest BCUT2D eigenvalue weighted by Crippen LogP contribution is 2.37. The van der Waals surface area contributed by atoms with E-state index in [1.165, 1.54) is 19.3 Å². The van der Waals surface area contributed by atoms with E-state index in [1.807, 2.05) is 0 Å². The summed E-state index contributed by atoms with van der Waals surface area (Å²) in [7, 11) is 1.50. The van der Waals surface area contributed by atoms with Gasteiger partial charge in [-0.15, -0.1) is 0 Å². The van der Waals surface area contributed by atoms with Crippen molar-refractivity contribution in [3.8, 4) is 11.5 Å². The molecule has 126 valence electrons. The van der Waals surface area contributed by atoms with E-state index >= 15 is 0 Å². The van der Waals surface area contributed by atoms with Crippen LogP contribution in [-0.4, -0.2) is 13.0 Å². The van der Waals surface area contributed by atoms with E-state index in [0.717, 1.165) is 5.56 Å². The third-order valence-electron chi connectivity index (χ3n) is 3.08. The van der Waals surface area contributed by atoms with Gasteiger partial charge < -0.3 is 15.2 Å². The van der Waals surface area contributed by atoms with Crippen LogP contribution in [0.4, 0.5) is 0 Å². The standard InChI is InChI=1S/C17H14Cl3NO3/c1-23-15-7-10(2-5-16(21)22)6-14(20)17(15)24-9-11-3-4-12(18)8-13(11)19/h2-8H,9H2,1H3,(H2,21,22)/b5-2+. The number of hydrogen-bond acceptors (Lipinski definition) is 3. The quantitative estimate of drug-likeness (QED) is 0.730. The maximum atomic E-state index is 10.8. The average molecular weight is 387 g/mol. The van der Waals surface area contributed by atoms with Gasteiger partial charge in [-0.25, -0.2) is 0 Å². The summed E-state index contributed by atoms with van der Waals surface area (Å²) in [6.45, 7) is 0.197. The number of nitrogens with two attached hydrogens (primary N) is 1. The second-order valence-electron chi connectivity index (χ2n) is 4.79. The van der Waals surface area contributed by atoms with Crippen LogP contribution in [0.25, 0.3) is 6.08 Å². The fourth-order valence-corrected chi connectivity index (χ4v) is 2.68. The summed E-state index contributed by atoms with van der Waals surface area (Å²) in [6.07, 6.45) is 2.77. The SMILES string of the molecule is COc1cc(/C=C/C(N)=O)cc(Cl)c1OCc1ccc(Cl)cc1Cl. The van der Waals surface area contributed by atoms with Gasteiger partial charge in [0.05, 0.1) is 12.1 Å². The van der Waals surface area contributed by atoms with E-state index < -0.39 is 5.91 Å². The zero-order chi connectivity index (χ0) is 17.7. The number of benzene rings is 2. The molecule has 0 aromatic heterocycles. The highest BCUT2D eigenvalue weighted by molar-refractivity contribution is 6.35. The number of carbonyl (C=O) groups is 1. The molecule has 0 heterocycles. The van der Waals surface area contributed by atoms with Crippen molar-refractivity contribution < 1.29 is 14.3 Å². The van der Waals surface area contributed by atoms with Crippen molar-refractivity contribution in [3.05, 3.63) is 62.6 Å².